The summed E-state index contributed by atoms with van der Waals surface area (Å²) in [4.78, 5) is 0. The van der Waals surface area contributed by atoms with Gasteiger partial charge in [0.2, 0.25) is 0 Å². The van der Waals surface area contributed by atoms with Crippen LogP contribution in [-0.2, 0) is 0 Å². The van der Waals surface area contributed by atoms with Crippen LogP contribution in [0.4, 0.5) is 0 Å². The van der Waals surface area contributed by atoms with Gasteiger partial charge in [-0.25, -0.2) is 0 Å². The van der Waals surface area contributed by atoms with E-state index in [1.807, 2.05) is 0 Å². The molecule has 21 heavy (non-hydrogen) atoms. The van der Waals surface area contributed by atoms with Crippen LogP contribution in [0.25, 0.3) is 0 Å². The Balaban J connectivity index is 0. The van der Waals surface area contributed by atoms with Gasteiger partial charge in [-0.2, -0.15) is 12.6 Å². The van der Waals surface area contributed by atoms with Gasteiger partial charge in [-0.05, 0) is 12.0 Å². The molecule has 0 aliphatic heterocycles. The first-order valence-corrected chi connectivity index (χ1v) is 9.09. The molecule has 0 fully saturated rings. The maximum Gasteiger partial charge on any atom is 1.00 e. The van der Waals surface area contributed by atoms with Crippen LogP contribution in [0, 0.1) is 0 Å². The van der Waals surface area contributed by atoms with Crippen molar-refractivity contribution in [1.82, 2.24) is 0 Å². The minimum absolute atomic E-state index is 0. The van der Waals surface area contributed by atoms with E-state index in [0.29, 0.717) is 5.25 Å². The predicted molar refractivity (Wildman–Crippen MR) is 95.7 cm³/mol. The van der Waals surface area contributed by atoms with E-state index in [-0.39, 0.29) is 31.0 Å². The molecule has 1 atom stereocenters. The smallest absolute Gasteiger partial charge is 1.00 e. The fourth-order valence-corrected chi connectivity index (χ4v) is 3.02. The van der Waals surface area contributed by atoms with Gasteiger partial charge in [-0.15, -0.1) is 0 Å². The first-order valence-electron chi connectivity index (χ1n) is 8.57. The van der Waals surface area contributed by atoms with E-state index in [1.165, 1.54) is 76.2 Å². The Morgan fingerprint density at radius 2 is 1.29 bits per heavy atom. The first-order chi connectivity index (χ1) is 9.84. The Kier molecular flexibility index (Phi) is 15.9. The molecule has 0 aromatic heterocycles. The summed E-state index contributed by atoms with van der Waals surface area (Å²) in [7, 11) is 0. The van der Waals surface area contributed by atoms with Crippen molar-refractivity contribution in [1.29, 1.82) is 0 Å². The van der Waals surface area contributed by atoms with Gasteiger partial charge in [0.1, 0.15) is 0 Å². The van der Waals surface area contributed by atoms with E-state index in [4.69, 9.17) is 12.6 Å². The zero-order valence-corrected chi connectivity index (χ0v) is 17.1. The quantitative estimate of drug-likeness (QED) is 0.335. The van der Waals surface area contributed by atoms with Crippen molar-refractivity contribution in [2.24, 2.45) is 0 Å². The van der Waals surface area contributed by atoms with Gasteiger partial charge in [0, 0.05) is 5.25 Å². The van der Waals surface area contributed by atoms with E-state index >= 15 is 0 Å². The molecule has 116 valence electrons. The Labute approximate surface area is 161 Å². The number of benzene rings is 1. The molecule has 1 rings (SSSR count). The van der Waals surface area contributed by atoms with Crippen molar-refractivity contribution in [2.75, 3.05) is 0 Å². The van der Waals surface area contributed by atoms with E-state index < -0.39 is 0 Å². The Morgan fingerprint density at radius 1 is 0.810 bits per heavy atom. The van der Waals surface area contributed by atoms with Crippen LogP contribution in [0.3, 0.4) is 0 Å². The van der Waals surface area contributed by atoms with Crippen molar-refractivity contribution in [3.8, 4) is 0 Å². The minimum atomic E-state index is 0. The zero-order valence-electron chi connectivity index (χ0n) is 15.2. The van der Waals surface area contributed by atoms with E-state index in [0.717, 1.165) is 0 Å². The Morgan fingerprint density at radius 3 is 1.81 bits per heavy atom. The first kappa shape index (κ1) is 21.6. The summed E-state index contributed by atoms with van der Waals surface area (Å²) in [5.74, 6) is 0. The van der Waals surface area contributed by atoms with Crippen LogP contribution in [0.1, 0.15) is 89.8 Å². The molecule has 0 saturated heterocycles. The minimum Gasteiger partial charge on any atom is -1.00 e. The summed E-state index contributed by atoms with van der Waals surface area (Å²) in [5.41, 5.74) is 1.37. The van der Waals surface area contributed by atoms with Crippen LogP contribution >= 0.6 is 12.6 Å². The van der Waals surface area contributed by atoms with Crippen LogP contribution in [0.15, 0.2) is 30.3 Å². The second-order valence-electron chi connectivity index (χ2n) is 5.90. The average molecular weight is 317 g/mol. The standard InChI is InChI=1S/C19H32S.Na.H/c1-2-3-4-5-6-7-8-9-10-14-17-19(20)18-15-12-11-13-16-18;;/h11-13,15-16,19-20H,2-10,14,17H2,1H3;;/q;+1;-1. The third-order valence-electron chi connectivity index (χ3n) is 4.02. The van der Waals surface area contributed by atoms with E-state index in [9.17, 15) is 0 Å². The van der Waals surface area contributed by atoms with Gasteiger partial charge in [-0.3, -0.25) is 0 Å². The summed E-state index contributed by atoms with van der Waals surface area (Å²) in [6, 6.07) is 10.7. The molecule has 0 bridgehead atoms. The third-order valence-corrected chi connectivity index (χ3v) is 4.57. The van der Waals surface area contributed by atoms with Crippen molar-refractivity contribution in [3.05, 3.63) is 35.9 Å². The molecular formula is C19H33NaS. The van der Waals surface area contributed by atoms with Crippen LogP contribution in [0.2, 0.25) is 0 Å². The van der Waals surface area contributed by atoms with Gasteiger partial charge in [0.15, 0.2) is 0 Å². The normalized spacial score (nSPS) is 11.9. The van der Waals surface area contributed by atoms with Gasteiger partial charge in [-0.1, -0.05) is 101 Å². The molecule has 0 saturated carbocycles. The topological polar surface area (TPSA) is 0 Å². The van der Waals surface area contributed by atoms with Crippen LogP contribution < -0.4 is 29.6 Å². The maximum absolute atomic E-state index is 4.71. The summed E-state index contributed by atoms with van der Waals surface area (Å²) < 4.78 is 0. The number of rotatable bonds is 12. The Bertz CT molecular complexity index is 318. The molecule has 0 aliphatic carbocycles. The van der Waals surface area contributed by atoms with Gasteiger partial charge in [0.25, 0.3) is 0 Å². The monoisotopic (exact) mass is 316 g/mol. The second-order valence-corrected chi connectivity index (χ2v) is 6.52. The maximum atomic E-state index is 4.71. The molecular weight excluding hydrogens is 283 g/mol. The molecule has 0 nitrogen and oxygen atoms in total. The Hall–Kier alpha value is 0.570. The van der Waals surface area contributed by atoms with Crippen LogP contribution in [0.5, 0.6) is 0 Å². The van der Waals surface area contributed by atoms with Crippen molar-refractivity contribution in [2.45, 2.75) is 82.8 Å². The molecule has 1 aromatic carbocycles. The van der Waals surface area contributed by atoms with Gasteiger partial charge in [0.05, 0.1) is 0 Å². The number of unbranched alkanes of at least 4 members (excludes halogenated alkanes) is 9. The van der Waals surface area contributed by atoms with Crippen molar-refractivity contribution >= 4 is 12.6 Å². The SMILES string of the molecule is CCCCCCCCCCCCC(S)c1ccccc1.[H-].[Na+]. The molecule has 0 radical (unpaired) electrons. The van der Waals surface area contributed by atoms with Crippen molar-refractivity contribution in [3.63, 3.8) is 0 Å². The average Bonchev–Trinajstić information content (AvgIpc) is 2.50. The fourth-order valence-electron chi connectivity index (χ4n) is 2.67. The molecule has 2 heteroatoms. The summed E-state index contributed by atoms with van der Waals surface area (Å²) in [5, 5.41) is 0.422. The second kappa shape index (κ2) is 15.5. The van der Waals surface area contributed by atoms with Crippen LogP contribution in [-0.4, -0.2) is 0 Å². The van der Waals surface area contributed by atoms with Gasteiger partial charge < -0.3 is 1.43 Å². The van der Waals surface area contributed by atoms with Gasteiger partial charge >= 0.3 is 29.6 Å². The van der Waals surface area contributed by atoms with E-state index in [1.54, 1.807) is 0 Å². The predicted octanol–water partition coefficient (Wildman–Crippen LogP) is 4.09. The molecule has 1 aromatic rings. The van der Waals surface area contributed by atoms with Crippen molar-refractivity contribution < 1.29 is 31.0 Å². The fraction of sp³-hybridized carbons (Fsp3) is 0.684. The zero-order chi connectivity index (χ0) is 14.5. The molecule has 1 unspecified atom stereocenters. The molecule has 0 N–H and O–H groups in total. The molecule has 0 heterocycles. The summed E-state index contributed by atoms with van der Waals surface area (Å²) in [6.45, 7) is 2.28. The number of thiol groups is 1. The molecule has 0 aliphatic rings. The number of hydrogen-bond donors (Lipinski definition) is 1. The number of hydrogen-bond acceptors (Lipinski definition) is 1. The summed E-state index contributed by atoms with van der Waals surface area (Å²) >= 11 is 4.71. The largest absolute Gasteiger partial charge is 1.00 e. The van der Waals surface area contributed by atoms with E-state index in [2.05, 4.69) is 37.3 Å². The molecule has 0 spiro atoms. The molecule has 0 amide bonds. The summed E-state index contributed by atoms with van der Waals surface area (Å²) in [6.07, 6.45) is 15.3. The third kappa shape index (κ3) is 11.8.